The molecule has 0 fully saturated rings. The molecular weight excluding hydrogens is 396 g/mol. The fraction of sp³-hybridized carbons (Fsp3) is 0.481. The Morgan fingerprint density at radius 1 is 1.19 bits per heavy atom. The highest BCUT2D eigenvalue weighted by Gasteiger charge is 2.16. The first-order chi connectivity index (χ1) is 15.5. The van der Waals surface area contributed by atoms with Gasteiger partial charge in [0.15, 0.2) is 0 Å². The van der Waals surface area contributed by atoms with Gasteiger partial charge >= 0.3 is 0 Å². The Morgan fingerprint density at radius 2 is 1.97 bits per heavy atom. The van der Waals surface area contributed by atoms with Crippen molar-refractivity contribution in [2.45, 2.75) is 53.1 Å². The summed E-state index contributed by atoms with van der Waals surface area (Å²) in [5.74, 6) is 1.46. The standard InChI is InChI=1S/C27H38N4O/c1-6-17-31-27-18-24(32-5)9-8-10-25(27)26(29-31)19-28-16-15-22(7-2)20-30(4)23-13-11-21(3)12-14-23/h9-14,18,22,28H,6-7,15-17,19-20H2,1-5H3. The summed E-state index contributed by atoms with van der Waals surface area (Å²) in [4.78, 5) is 2.37. The highest BCUT2D eigenvalue weighted by atomic mass is 16.5. The average Bonchev–Trinajstić information content (AvgIpc) is 2.97. The minimum Gasteiger partial charge on any atom is -0.496 e. The van der Waals surface area contributed by atoms with Gasteiger partial charge in [-0.05, 0) is 50.4 Å². The van der Waals surface area contributed by atoms with Gasteiger partial charge in [-0.2, -0.15) is 5.10 Å². The summed E-state index contributed by atoms with van der Waals surface area (Å²) in [7, 11) is 3.89. The third-order valence-corrected chi connectivity index (χ3v) is 6.12. The molecule has 1 aliphatic rings. The van der Waals surface area contributed by atoms with Crippen LogP contribution in [0.4, 0.5) is 5.69 Å². The second-order valence-electron chi connectivity index (χ2n) is 8.63. The quantitative estimate of drug-likeness (QED) is 0.358. The fourth-order valence-corrected chi connectivity index (χ4v) is 4.09. The van der Waals surface area contributed by atoms with Crippen LogP contribution in [0, 0.1) is 12.8 Å². The minimum atomic E-state index is 0.651. The van der Waals surface area contributed by atoms with Gasteiger partial charge in [0.1, 0.15) is 5.76 Å². The molecule has 5 nitrogen and oxygen atoms in total. The zero-order valence-corrected chi connectivity index (χ0v) is 20.3. The van der Waals surface area contributed by atoms with E-state index in [4.69, 9.17) is 9.84 Å². The van der Waals surface area contributed by atoms with Gasteiger partial charge in [-0.25, -0.2) is 0 Å². The monoisotopic (exact) mass is 434 g/mol. The van der Waals surface area contributed by atoms with Crippen LogP contribution in [0.25, 0.3) is 12.2 Å². The molecule has 5 heteroatoms. The molecule has 1 unspecified atom stereocenters. The molecule has 1 heterocycles. The van der Waals surface area contributed by atoms with Crippen molar-refractivity contribution in [1.82, 2.24) is 15.1 Å². The number of nitrogens with one attached hydrogen (secondary N) is 1. The molecule has 0 radical (unpaired) electrons. The van der Waals surface area contributed by atoms with Gasteiger partial charge < -0.3 is 15.0 Å². The number of aryl methyl sites for hydroxylation is 2. The van der Waals surface area contributed by atoms with Crippen LogP contribution < -0.4 is 10.2 Å². The molecule has 1 aromatic carbocycles. The van der Waals surface area contributed by atoms with E-state index in [0.717, 1.165) is 61.7 Å². The van der Waals surface area contributed by atoms with E-state index in [1.807, 2.05) is 12.2 Å². The van der Waals surface area contributed by atoms with Gasteiger partial charge in [0.05, 0.1) is 18.5 Å². The first kappa shape index (κ1) is 23.9. The molecule has 0 saturated carbocycles. The smallest absolute Gasteiger partial charge is 0.128 e. The number of hydrogen-bond donors (Lipinski definition) is 1. The molecule has 32 heavy (non-hydrogen) atoms. The molecule has 2 aromatic rings. The van der Waals surface area contributed by atoms with Crippen LogP contribution in [0.15, 0.2) is 41.8 Å². The van der Waals surface area contributed by atoms with Crippen LogP contribution in [0.3, 0.4) is 0 Å². The van der Waals surface area contributed by atoms with E-state index in [2.05, 4.69) is 78.8 Å². The van der Waals surface area contributed by atoms with Gasteiger partial charge in [-0.15, -0.1) is 5.73 Å². The number of allylic oxidation sites excluding steroid dienone is 1. The topological polar surface area (TPSA) is 42.3 Å². The van der Waals surface area contributed by atoms with E-state index < -0.39 is 0 Å². The van der Waals surface area contributed by atoms with Crippen molar-refractivity contribution < 1.29 is 4.74 Å². The van der Waals surface area contributed by atoms with Crippen molar-refractivity contribution in [3.8, 4) is 0 Å². The number of fused-ring (bicyclic) bond motifs is 1. The number of anilines is 1. The molecule has 0 amide bonds. The van der Waals surface area contributed by atoms with Gasteiger partial charge in [-0.3, -0.25) is 4.68 Å². The van der Waals surface area contributed by atoms with Crippen molar-refractivity contribution in [1.29, 1.82) is 0 Å². The molecule has 1 N–H and O–H groups in total. The molecule has 0 spiro atoms. The SMILES string of the molecule is CCCn1nc(CNCCC(CC)CN(C)c2ccc(C)cc2)c2c1C=C(OC)C=C=C2. The minimum absolute atomic E-state index is 0.651. The van der Waals surface area contributed by atoms with Crippen molar-refractivity contribution in [3.63, 3.8) is 0 Å². The normalized spacial score (nSPS) is 13.5. The van der Waals surface area contributed by atoms with Gasteiger partial charge in [0.25, 0.3) is 0 Å². The maximum atomic E-state index is 5.44. The van der Waals surface area contributed by atoms with Gasteiger partial charge in [0, 0.05) is 50.1 Å². The van der Waals surface area contributed by atoms with E-state index in [1.165, 1.54) is 17.7 Å². The maximum absolute atomic E-state index is 5.44. The second kappa shape index (κ2) is 11.8. The summed E-state index contributed by atoms with van der Waals surface area (Å²) in [5, 5.41) is 8.52. The van der Waals surface area contributed by atoms with Gasteiger partial charge in [0.2, 0.25) is 0 Å². The number of methoxy groups -OCH3 is 1. The second-order valence-corrected chi connectivity index (χ2v) is 8.63. The van der Waals surface area contributed by atoms with E-state index in [0.29, 0.717) is 5.92 Å². The van der Waals surface area contributed by atoms with Crippen molar-refractivity contribution in [2.75, 3.05) is 32.1 Å². The molecule has 1 aromatic heterocycles. The van der Waals surface area contributed by atoms with Crippen LogP contribution in [-0.4, -0.2) is 37.0 Å². The van der Waals surface area contributed by atoms with Crippen LogP contribution in [0.5, 0.6) is 0 Å². The lowest BCUT2D eigenvalue weighted by Crippen LogP contribution is -2.28. The van der Waals surface area contributed by atoms with Crippen LogP contribution >= 0.6 is 0 Å². The molecule has 0 saturated heterocycles. The molecule has 1 aliphatic carbocycles. The van der Waals surface area contributed by atoms with Crippen LogP contribution in [0.2, 0.25) is 0 Å². The summed E-state index contributed by atoms with van der Waals surface area (Å²) in [5.41, 5.74) is 9.14. The number of rotatable bonds is 12. The first-order valence-corrected chi connectivity index (χ1v) is 11.8. The molecule has 0 bridgehead atoms. The lowest BCUT2D eigenvalue weighted by Gasteiger charge is -2.25. The largest absolute Gasteiger partial charge is 0.496 e. The van der Waals surface area contributed by atoms with E-state index in [-0.39, 0.29) is 0 Å². The number of nitrogens with zero attached hydrogens (tertiary/aromatic N) is 3. The Labute approximate surface area is 193 Å². The van der Waals surface area contributed by atoms with E-state index >= 15 is 0 Å². The Morgan fingerprint density at radius 3 is 2.66 bits per heavy atom. The molecule has 172 valence electrons. The molecule has 1 atom stereocenters. The Balaban J connectivity index is 1.57. The van der Waals surface area contributed by atoms with Gasteiger partial charge in [-0.1, -0.05) is 38.0 Å². The third kappa shape index (κ3) is 6.15. The van der Waals surface area contributed by atoms with Crippen molar-refractivity contribution >= 4 is 17.8 Å². The zero-order chi connectivity index (χ0) is 22.9. The van der Waals surface area contributed by atoms with E-state index in [9.17, 15) is 0 Å². The highest BCUT2D eigenvalue weighted by Crippen LogP contribution is 2.23. The van der Waals surface area contributed by atoms with Crippen molar-refractivity contribution in [2.24, 2.45) is 5.92 Å². The number of benzene rings is 1. The van der Waals surface area contributed by atoms with E-state index in [1.54, 1.807) is 7.11 Å². The predicted octanol–water partition coefficient (Wildman–Crippen LogP) is 5.41. The average molecular weight is 435 g/mol. The molecule has 0 aliphatic heterocycles. The zero-order valence-electron chi connectivity index (χ0n) is 20.3. The lowest BCUT2D eigenvalue weighted by atomic mass is 10.0. The first-order valence-electron chi connectivity index (χ1n) is 11.8. The summed E-state index contributed by atoms with van der Waals surface area (Å²) < 4.78 is 7.53. The van der Waals surface area contributed by atoms with Crippen LogP contribution in [-0.2, 0) is 17.8 Å². The number of ether oxygens (including phenoxy) is 1. The number of hydrogen-bond acceptors (Lipinski definition) is 4. The summed E-state index contributed by atoms with van der Waals surface area (Å²) in [6.45, 7) is 10.3. The summed E-state index contributed by atoms with van der Waals surface area (Å²) >= 11 is 0. The highest BCUT2D eigenvalue weighted by molar-refractivity contribution is 5.68. The third-order valence-electron chi connectivity index (χ3n) is 6.12. The summed E-state index contributed by atoms with van der Waals surface area (Å²) in [6.07, 6.45) is 9.33. The lowest BCUT2D eigenvalue weighted by molar-refractivity contribution is 0.310. The Bertz CT molecular complexity index is 964. The maximum Gasteiger partial charge on any atom is 0.128 e. The fourth-order valence-electron chi connectivity index (χ4n) is 4.09. The summed E-state index contributed by atoms with van der Waals surface area (Å²) in [6, 6.07) is 8.79. The van der Waals surface area contributed by atoms with Crippen LogP contribution in [0.1, 0.15) is 55.6 Å². The Hall–Kier alpha value is -2.75. The predicted molar refractivity (Wildman–Crippen MR) is 135 cm³/mol. The molecular formula is C27H38N4O. The Kier molecular flexibility index (Phi) is 8.78. The van der Waals surface area contributed by atoms with Crippen molar-refractivity contribution in [3.05, 3.63) is 64.3 Å². The number of aromatic nitrogens is 2. The molecule has 3 rings (SSSR count).